The fourth-order valence-corrected chi connectivity index (χ4v) is 3.11. The number of benzene rings is 1. The standard InChI is InChI=1S/C11H12BrN3O.C8H13NO3/c12-8-3-1-4-9(7-8)14-15-10-5-2-6-13-11(10)16;1-2-12-8(11)6-4-3-5-9-7(6)10/h1,3-4,7,14H,2,5-6H2,(H,13,16);6H,2-5H2,1H3,(H,9,10). The zero-order chi connectivity index (χ0) is 20.4. The number of hydrazone groups is 1. The maximum Gasteiger partial charge on any atom is 0.318 e. The van der Waals surface area contributed by atoms with Gasteiger partial charge in [-0.1, -0.05) is 22.0 Å². The molecule has 28 heavy (non-hydrogen) atoms. The number of carbonyl (C=O) groups excluding carboxylic acids is 3. The van der Waals surface area contributed by atoms with Crippen LogP contribution in [0.4, 0.5) is 5.69 Å². The zero-order valence-corrected chi connectivity index (χ0v) is 17.4. The van der Waals surface area contributed by atoms with Crippen LogP contribution in [0.2, 0.25) is 0 Å². The van der Waals surface area contributed by atoms with Crippen LogP contribution in [0.3, 0.4) is 0 Å². The van der Waals surface area contributed by atoms with Crippen LogP contribution in [-0.2, 0) is 19.1 Å². The van der Waals surface area contributed by atoms with Crippen LogP contribution in [0.1, 0.15) is 32.6 Å². The molecular formula is C19H25BrN4O4. The second-order valence-electron chi connectivity index (χ2n) is 6.28. The molecule has 9 heteroatoms. The predicted octanol–water partition coefficient (Wildman–Crippen LogP) is 2.20. The highest BCUT2D eigenvalue weighted by Crippen LogP contribution is 2.16. The molecule has 0 bridgehead atoms. The number of nitrogens with zero attached hydrogens (tertiary/aromatic N) is 1. The van der Waals surface area contributed by atoms with Crippen molar-refractivity contribution in [3.05, 3.63) is 28.7 Å². The minimum Gasteiger partial charge on any atom is -0.465 e. The van der Waals surface area contributed by atoms with E-state index in [4.69, 9.17) is 4.74 Å². The Kier molecular flexibility index (Phi) is 8.93. The molecule has 152 valence electrons. The van der Waals surface area contributed by atoms with Gasteiger partial charge in [0.25, 0.3) is 5.91 Å². The molecule has 0 aliphatic carbocycles. The highest BCUT2D eigenvalue weighted by atomic mass is 79.9. The third kappa shape index (κ3) is 6.95. The first kappa shape index (κ1) is 21.9. The second-order valence-corrected chi connectivity index (χ2v) is 7.19. The lowest BCUT2D eigenvalue weighted by molar-refractivity contribution is -0.153. The first-order valence-corrected chi connectivity index (χ1v) is 10.1. The minimum atomic E-state index is -0.571. The van der Waals surface area contributed by atoms with Gasteiger partial charge in [-0.15, -0.1) is 0 Å². The van der Waals surface area contributed by atoms with Crippen molar-refractivity contribution in [2.45, 2.75) is 32.6 Å². The third-order valence-electron chi connectivity index (χ3n) is 4.14. The van der Waals surface area contributed by atoms with Crippen LogP contribution in [0.5, 0.6) is 0 Å². The quantitative estimate of drug-likeness (QED) is 0.368. The van der Waals surface area contributed by atoms with Gasteiger partial charge in [-0.2, -0.15) is 5.10 Å². The topological polar surface area (TPSA) is 109 Å². The average molecular weight is 453 g/mol. The van der Waals surface area contributed by atoms with Gasteiger partial charge in [-0.05, 0) is 50.8 Å². The van der Waals surface area contributed by atoms with Crippen molar-refractivity contribution in [1.29, 1.82) is 0 Å². The highest BCUT2D eigenvalue weighted by molar-refractivity contribution is 9.10. The molecule has 2 amide bonds. The molecule has 1 unspecified atom stereocenters. The molecule has 2 heterocycles. The first-order valence-electron chi connectivity index (χ1n) is 9.32. The summed E-state index contributed by atoms with van der Waals surface area (Å²) >= 11 is 3.37. The van der Waals surface area contributed by atoms with Gasteiger partial charge in [-0.25, -0.2) is 0 Å². The van der Waals surface area contributed by atoms with E-state index in [0.717, 1.165) is 36.0 Å². The van der Waals surface area contributed by atoms with Crippen molar-refractivity contribution < 1.29 is 19.1 Å². The predicted molar refractivity (Wildman–Crippen MR) is 110 cm³/mol. The molecule has 3 rings (SSSR count). The van der Waals surface area contributed by atoms with E-state index in [1.807, 2.05) is 24.3 Å². The Balaban J connectivity index is 0.000000209. The number of halogens is 1. The van der Waals surface area contributed by atoms with Crippen LogP contribution < -0.4 is 16.1 Å². The molecule has 0 saturated carbocycles. The van der Waals surface area contributed by atoms with E-state index >= 15 is 0 Å². The molecule has 2 aliphatic heterocycles. The molecule has 1 atom stereocenters. The maximum absolute atomic E-state index is 11.4. The molecule has 2 aliphatic rings. The average Bonchev–Trinajstić information content (AvgIpc) is 2.68. The minimum absolute atomic E-state index is 0.0752. The van der Waals surface area contributed by atoms with Crippen LogP contribution in [0, 0.1) is 5.92 Å². The number of rotatable bonds is 4. The number of hydrogen-bond donors (Lipinski definition) is 3. The van der Waals surface area contributed by atoms with E-state index in [2.05, 4.69) is 37.1 Å². The maximum atomic E-state index is 11.4. The highest BCUT2D eigenvalue weighted by Gasteiger charge is 2.29. The Bertz CT molecular complexity index is 738. The lowest BCUT2D eigenvalue weighted by Crippen LogP contribution is -2.41. The van der Waals surface area contributed by atoms with Gasteiger partial charge in [0.15, 0.2) is 0 Å². The summed E-state index contributed by atoms with van der Waals surface area (Å²) in [6.07, 6.45) is 3.15. The van der Waals surface area contributed by atoms with Crippen LogP contribution in [0.25, 0.3) is 0 Å². The molecular weight excluding hydrogens is 428 g/mol. The fourth-order valence-electron chi connectivity index (χ4n) is 2.71. The summed E-state index contributed by atoms with van der Waals surface area (Å²) in [5.74, 6) is -1.23. The van der Waals surface area contributed by atoms with Gasteiger partial charge in [0, 0.05) is 17.6 Å². The lowest BCUT2D eigenvalue weighted by atomic mass is 9.99. The summed E-state index contributed by atoms with van der Waals surface area (Å²) < 4.78 is 5.73. The molecule has 3 N–H and O–H groups in total. The van der Waals surface area contributed by atoms with Gasteiger partial charge in [-0.3, -0.25) is 19.8 Å². The fraction of sp³-hybridized carbons (Fsp3) is 0.474. The second kappa shape index (κ2) is 11.4. The number of carbonyl (C=O) groups is 3. The van der Waals surface area contributed by atoms with Crippen molar-refractivity contribution in [3.8, 4) is 0 Å². The normalized spacial score (nSPS) is 20.4. The van der Waals surface area contributed by atoms with Crippen LogP contribution >= 0.6 is 15.9 Å². The van der Waals surface area contributed by atoms with Gasteiger partial charge in [0.1, 0.15) is 11.6 Å². The third-order valence-corrected chi connectivity index (χ3v) is 4.63. The van der Waals surface area contributed by atoms with Gasteiger partial charge in [0.2, 0.25) is 5.91 Å². The molecule has 2 fully saturated rings. The number of piperidine rings is 2. The van der Waals surface area contributed by atoms with E-state index in [-0.39, 0.29) is 11.8 Å². The molecule has 0 radical (unpaired) electrons. The van der Waals surface area contributed by atoms with Crippen LogP contribution in [0.15, 0.2) is 33.8 Å². The van der Waals surface area contributed by atoms with Gasteiger partial charge in [0.05, 0.1) is 12.3 Å². The van der Waals surface area contributed by atoms with Gasteiger partial charge >= 0.3 is 5.97 Å². The van der Waals surface area contributed by atoms with E-state index in [1.165, 1.54) is 0 Å². The number of nitrogens with one attached hydrogen (secondary N) is 3. The summed E-state index contributed by atoms with van der Waals surface area (Å²) in [5, 5.41) is 9.50. The summed E-state index contributed by atoms with van der Waals surface area (Å²) in [6, 6.07) is 7.65. The monoisotopic (exact) mass is 452 g/mol. The van der Waals surface area contributed by atoms with Crippen LogP contribution in [-0.4, -0.2) is 43.2 Å². The lowest BCUT2D eigenvalue weighted by Gasteiger charge is -2.19. The number of hydrogen-bond acceptors (Lipinski definition) is 6. The summed E-state index contributed by atoms with van der Waals surface area (Å²) in [7, 11) is 0. The van der Waals surface area contributed by atoms with E-state index in [0.29, 0.717) is 25.3 Å². The summed E-state index contributed by atoms with van der Waals surface area (Å²) in [6.45, 7) is 3.49. The largest absolute Gasteiger partial charge is 0.465 e. The van der Waals surface area contributed by atoms with E-state index in [1.54, 1.807) is 6.92 Å². The Labute approximate surface area is 172 Å². The Morgan fingerprint density at radius 3 is 2.75 bits per heavy atom. The van der Waals surface area contributed by atoms with Crippen molar-refractivity contribution in [1.82, 2.24) is 10.6 Å². The molecule has 1 aromatic carbocycles. The van der Waals surface area contributed by atoms with Gasteiger partial charge < -0.3 is 15.4 Å². The SMILES string of the molecule is CCOC(=O)C1CCCNC1=O.O=C1NCCCC1=NNc1cccc(Br)c1. The Morgan fingerprint density at radius 2 is 2.07 bits per heavy atom. The van der Waals surface area contributed by atoms with E-state index in [9.17, 15) is 14.4 Å². The zero-order valence-electron chi connectivity index (χ0n) is 15.8. The van der Waals surface area contributed by atoms with Crippen molar-refractivity contribution in [3.63, 3.8) is 0 Å². The summed E-state index contributed by atoms with van der Waals surface area (Å²) in [4.78, 5) is 33.6. The first-order chi connectivity index (χ1) is 13.5. The van der Waals surface area contributed by atoms with Crippen molar-refractivity contribution in [2.24, 2.45) is 11.0 Å². The Hall–Kier alpha value is -2.42. The number of anilines is 1. The summed E-state index contributed by atoms with van der Waals surface area (Å²) in [5.41, 5.74) is 4.31. The molecule has 8 nitrogen and oxygen atoms in total. The Morgan fingerprint density at radius 1 is 1.29 bits per heavy atom. The molecule has 0 aromatic heterocycles. The van der Waals surface area contributed by atoms with Crippen molar-refractivity contribution in [2.75, 3.05) is 25.1 Å². The van der Waals surface area contributed by atoms with Crippen molar-refractivity contribution >= 4 is 45.1 Å². The number of amides is 2. The molecule has 0 spiro atoms. The molecule has 1 aromatic rings. The number of ether oxygens (including phenoxy) is 1. The van der Waals surface area contributed by atoms with E-state index < -0.39 is 11.9 Å². The molecule has 2 saturated heterocycles. The number of esters is 1. The smallest absolute Gasteiger partial charge is 0.318 e.